The van der Waals surface area contributed by atoms with E-state index >= 15 is 0 Å². The molecule has 0 bridgehead atoms. The molecule has 8 heteroatoms. The van der Waals surface area contributed by atoms with Gasteiger partial charge in [-0.3, -0.25) is 14.4 Å². The number of amides is 3. The summed E-state index contributed by atoms with van der Waals surface area (Å²) >= 11 is 6.00. The van der Waals surface area contributed by atoms with Crippen LogP contribution < -0.4 is 0 Å². The highest BCUT2D eigenvalue weighted by atomic mass is 35.5. The first-order valence-corrected chi connectivity index (χ1v) is 12.9. The molecule has 2 saturated heterocycles. The highest BCUT2D eigenvalue weighted by Crippen LogP contribution is 2.35. The van der Waals surface area contributed by atoms with Crippen LogP contribution in [0, 0.1) is 18.7 Å². The maximum Gasteiger partial charge on any atom is 0.253 e. The Morgan fingerprint density at radius 2 is 1.61 bits per heavy atom. The van der Waals surface area contributed by atoms with Crippen LogP contribution in [0.15, 0.2) is 42.5 Å². The standard InChI is InChI=1S/C28H33ClFN3O3/c1-18-16-23(30)8-9-24(18)25-17-33(28(36)21-10-13-32(14-11-21)19(2)34)15-12-26(25)31(3)27(35)20-4-6-22(29)7-5-20/h4-9,16,21,25-26H,10-15,17H2,1-3H3. The zero-order valence-electron chi connectivity index (χ0n) is 21.0. The molecule has 2 aliphatic rings. The van der Waals surface area contributed by atoms with E-state index in [2.05, 4.69) is 0 Å². The molecule has 36 heavy (non-hydrogen) atoms. The maximum absolute atomic E-state index is 13.9. The summed E-state index contributed by atoms with van der Waals surface area (Å²) in [5, 5.41) is 0.565. The van der Waals surface area contributed by atoms with E-state index in [-0.39, 0.29) is 41.4 Å². The van der Waals surface area contributed by atoms with E-state index in [1.807, 2.05) is 11.8 Å². The van der Waals surface area contributed by atoms with Crippen molar-refractivity contribution in [2.24, 2.45) is 5.92 Å². The number of carbonyl (C=O) groups excluding carboxylic acids is 3. The van der Waals surface area contributed by atoms with Crippen LogP contribution in [0.4, 0.5) is 4.39 Å². The molecule has 6 nitrogen and oxygen atoms in total. The van der Waals surface area contributed by atoms with Crippen LogP contribution in [0.1, 0.15) is 53.6 Å². The second kappa shape index (κ2) is 11.0. The molecule has 2 atom stereocenters. The molecule has 2 aromatic rings. The Bertz CT molecular complexity index is 1130. The van der Waals surface area contributed by atoms with Crippen molar-refractivity contribution in [2.45, 2.75) is 45.1 Å². The third-order valence-electron chi connectivity index (χ3n) is 7.72. The van der Waals surface area contributed by atoms with Crippen LogP contribution in [0.2, 0.25) is 5.02 Å². The van der Waals surface area contributed by atoms with Crippen LogP contribution in [0.5, 0.6) is 0 Å². The first kappa shape index (κ1) is 26.1. The minimum atomic E-state index is -0.306. The number of nitrogens with zero attached hydrogens (tertiary/aromatic N) is 3. The Balaban J connectivity index is 1.56. The third kappa shape index (κ3) is 5.56. The molecule has 4 rings (SSSR count). The summed E-state index contributed by atoms with van der Waals surface area (Å²) < 4.78 is 13.9. The number of piperidine rings is 2. The lowest BCUT2D eigenvalue weighted by molar-refractivity contribution is -0.141. The molecule has 3 amide bonds. The Labute approximate surface area is 217 Å². The second-order valence-corrected chi connectivity index (χ2v) is 10.4. The van der Waals surface area contributed by atoms with Gasteiger partial charge < -0.3 is 14.7 Å². The van der Waals surface area contributed by atoms with E-state index in [1.54, 1.807) is 54.1 Å². The van der Waals surface area contributed by atoms with Gasteiger partial charge in [0.2, 0.25) is 11.8 Å². The summed E-state index contributed by atoms with van der Waals surface area (Å²) in [5.41, 5.74) is 2.30. The molecule has 2 unspecified atom stereocenters. The molecule has 2 fully saturated rings. The van der Waals surface area contributed by atoms with Gasteiger partial charge in [0, 0.05) is 68.6 Å². The van der Waals surface area contributed by atoms with Crippen molar-refractivity contribution in [2.75, 3.05) is 33.2 Å². The summed E-state index contributed by atoms with van der Waals surface area (Å²) in [4.78, 5) is 43.9. The van der Waals surface area contributed by atoms with Crippen molar-refractivity contribution in [3.8, 4) is 0 Å². The van der Waals surface area contributed by atoms with E-state index in [4.69, 9.17) is 11.6 Å². The average molecular weight is 514 g/mol. The van der Waals surface area contributed by atoms with Gasteiger partial charge in [0.05, 0.1) is 0 Å². The molecular weight excluding hydrogens is 481 g/mol. The fraction of sp³-hybridized carbons (Fsp3) is 0.464. The Kier molecular flexibility index (Phi) is 7.98. The van der Waals surface area contributed by atoms with Gasteiger partial charge >= 0.3 is 0 Å². The summed E-state index contributed by atoms with van der Waals surface area (Å²) in [5.74, 6) is -0.533. The van der Waals surface area contributed by atoms with Gasteiger partial charge in [-0.05, 0) is 73.7 Å². The monoisotopic (exact) mass is 513 g/mol. The minimum Gasteiger partial charge on any atom is -0.343 e. The van der Waals surface area contributed by atoms with Crippen molar-refractivity contribution in [1.82, 2.24) is 14.7 Å². The lowest BCUT2D eigenvalue weighted by Gasteiger charge is -2.44. The van der Waals surface area contributed by atoms with Crippen LogP contribution >= 0.6 is 11.6 Å². The normalized spacial score (nSPS) is 20.8. The molecule has 192 valence electrons. The molecular formula is C28H33ClFN3O3. The number of likely N-dealkylation sites (N-methyl/N-ethyl adjacent to an activating group) is 1. The fourth-order valence-corrected chi connectivity index (χ4v) is 5.74. The van der Waals surface area contributed by atoms with Crippen molar-refractivity contribution in [3.05, 3.63) is 70.0 Å². The third-order valence-corrected chi connectivity index (χ3v) is 7.97. The molecule has 0 aromatic heterocycles. The maximum atomic E-state index is 13.9. The molecule has 0 spiro atoms. The predicted octanol–water partition coefficient (Wildman–Crippen LogP) is 4.50. The van der Waals surface area contributed by atoms with Gasteiger partial charge in [-0.2, -0.15) is 0 Å². The quantitative estimate of drug-likeness (QED) is 0.604. The lowest BCUT2D eigenvalue weighted by Crippen LogP contribution is -2.53. The first-order chi connectivity index (χ1) is 17.2. The van der Waals surface area contributed by atoms with Crippen molar-refractivity contribution < 1.29 is 18.8 Å². The molecule has 0 radical (unpaired) electrons. The van der Waals surface area contributed by atoms with Crippen molar-refractivity contribution in [1.29, 1.82) is 0 Å². The lowest BCUT2D eigenvalue weighted by atomic mass is 9.82. The number of benzene rings is 2. The Hall–Kier alpha value is -2.93. The molecule has 2 heterocycles. The molecule has 2 aromatic carbocycles. The average Bonchev–Trinajstić information content (AvgIpc) is 2.87. The van der Waals surface area contributed by atoms with Crippen LogP contribution in [0.25, 0.3) is 0 Å². The van der Waals surface area contributed by atoms with Crippen LogP contribution in [-0.4, -0.2) is 71.7 Å². The van der Waals surface area contributed by atoms with Crippen LogP contribution in [-0.2, 0) is 9.59 Å². The molecule has 0 N–H and O–H groups in total. The SMILES string of the molecule is CC(=O)N1CCC(C(=O)N2CCC(N(C)C(=O)c3ccc(Cl)cc3)C(c3ccc(F)cc3C)C2)CC1. The predicted molar refractivity (Wildman–Crippen MR) is 137 cm³/mol. The van der Waals surface area contributed by atoms with E-state index in [9.17, 15) is 18.8 Å². The fourth-order valence-electron chi connectivity index (χ4n) is 5.61. The number of halogens is 2. The van der Waals surface area contributed by atoms with Gasteiger partial charge in [-0.1, -0.05) is 17.7 Å². The van der Waals surface area contributed by atoms with Crippen LogP contribution in [0.3, 0.4) is 0 Å². The summed E-state index contributed by atoms with van der Waals surface area (Å²) in [6.07, 6.45) is 1.94. The Morgan fingerprint density at radius 3 is 2.22 bits per heavy atom. The Morgan fingerprint density at radius 1 is 0.972 bits per heavy atom. The van der Waals surface area contributed by atoms with Gasteiger partial charge in [-0.15, -0.1) is 0 Å². The zero-order valence-corrected chi connectivity index (χ0v) is 21.8. The van der Waals surface area contributed by atoms with E-state index in [1.165, 1.54) is 12.1 Å². The smallest absolute Gasteiger partial charge is 0.253 e. The van der Waals surface area contributed by atoms with E-state index < -0.39 is 0 Å². The zero-order chi connectivity index (χ0) is 26.0. The van der Waals surface area contributed by atoms with Gasteiger partial charge in [0.1, 0.15) is 5.82 Å². The largest absolute Gasteiger partial charge is 0.343 e. The topological polar surface area (TPSA) is 60.9 Å². The molecule has 0 aliphatic carbocycles. The number of hydrogen-bond acceptors (Lipinski definition) is 3. The first-order valence-electron chi connectivity index (χ1n) is 12.5. The molecule has 0 saturated carbocycles. The number of hydrogen-bond donors (Lipinski definition) is 0. The highest BCUT2D eigenvalue weighted by Gasteiger charge is 2.39. The van der Waals surface area contributed by atoms with Gasteiger partial charge in [-0.25, -0.2) is 4.39 Å². The summed E-state index contributed by atoms with van der Waals surface area (Å²) in [7, 11) is 1.79. The minimum absolute atomic E-state index is 0.0435. The number of aryl methyl sites for hydroxylation is 1. The number of carbonyl (C=O) groups is 3. The van der Waals surface area contributed by atoms with Crippen molar-refractivity contribution >= 4 is 29.3 Å². The van der Waals surface area contributed by atoms with Crippen molar-refractivity contribution in [3.63, 3.8) is 0 Å². The number of likely N-dealkylation sites (tertiary alicyclic amines) is 2. The second-order valence-electron chi connectivity index (χ2n) is 9.95. The summed E-state index contributed by atoms with van der Waals surface area (Å²) in [6, 6.07) is 11.4. The van der Waals surface area contributed by atoms with Gasteiger partial charge in [0.15, 0.2) is 0 Å². The molecule has 2 aliphatic heterocycles. The summed E-state index contributed by atoms with van der Waals surface area (Å²) in [6.45, 7) is 5.63. The van der Waals surface area contributed by atoms with E-state index in [0.717, 1.165) is 11.1 Å². The van der Waals surface area contributed by atoms with Gasteiger partial charge in [0.25, 0.3) is 5.91 Å². The van der Waals surface area contributed by atoms with E-state index in [0.29, 0.717) is 56.0 Å². The highest BCUT2D eigenvalue weighted by molar-refractivity contribution is 6.30. The number of rotatable bonds is 4.